The first-order chi connectivity index (χ1) is 13.6. The third-order valence-electron chi connectivity index (χ3n) is 6.46. The number of nitrogens with zero attached hydrogens (tertiary/aromatic N) is 3. The number of amides is 1. The molecular weight excluding hydrogens is 356 g/mol. The number of likely N-dealkylation sites (tertiary alicyclic amines) is 1. The van der Waals surface area contributed by atoms with Crippen LogP contribution in [0.5, 0.6) is 0 Å². The van der Waals surface area contributed by atoms with Gasteiger partial charge in [0, 0.05) is 30.3 Å². The first-order valence-corrected chi connectivity index (χ1v) is 10.2. The van der Waals surface area contributed by atoms with Crippen LogP contribution in [0, 0.1) is 12.8 Å². The van der Waals surface area contributed by atoms with Crippen LogP contribution >= 0.6 is 0 Å². The smallest absolute Gasteiger partial charge is 0.225 e. The third kappa shape index (κ3) is 2.98. The maximum absolute atomic E-state index is 12.8. The second kappa shape index (κ2) is 6.88. The summed E-state index contributed by atoms with van der Waals surface area (Å²) < 4.78 is 11.3. The molecule has 2 aromatic rings. The summed E-state index contributed by atoms with van der Waals surface area (Å²) in [6.45, 7) is 5.19. The fraction of sp³-hybridized carbons (Fsp3) is 0.571. The van der Waals surface area contributed by atoms with Crippen LogP contribution in [-0.2, 0) is 28.1 Å². The van der Waals surface area contributed by atoms with Gasteiger partial charge in [-0.2, -0.15) is 0 Å². The summed E-state index contributed by atoms with van der Waals surface area (Å²) in [5.74, 6) is 2.00. The van der Waals surface area contributed by atoms with Crippen molar-refractivity contribution in [3.63, 3.8) is 0 Å². The Labute approximate surface area is 164 Å². The summed E-state index contributed by atoms with van der Waals surface area (Å²) in [4.78, 5) is 24.3. The van der Waals surface area contributed by atoms with Crippen molar-refractivity contribution in [2.45, 2.75) is 51.2 Å². The molecule has 3 aliphatic rings. The van der Waals surface area contributed by atoms with Gasteiger partial charge in [0.2, 0.25) is 11.9 Å². The average Bonchev–Trinajstić information content (AvgIpc) is 3.30. The molecule has 1 saturated heterocycles. The molecule has 2 aromatic heterocycles. The number of fused-ring (bicyclic) bond motifs is 2. The zero-order valence-electron chi connectivity index (χ0n) is 16.2. The molecule has 0 bridgehead atoms. The first-order valence-electron chi connectivity index (χ1n) is 10.2. The quantitative estimate of drug-likeness (QED) is 0.876. The van der Waals surface area contributed by atoms with Crippen molar-refractivity contribution >= 4 is 11.9 Å². The van der Waals surface area contributed by atoms with Gasteiger partial charge in [-0.1, -0.05) is 6.42 Å². The lowest BCUT2D eigenvalue weighted by Crippen LogP contribution is -2.44. The number of furan rings is 1. The molecule has 0 aromatic carbocycles. The maximum Gasteiger partial charge on any atom is 0.225 e. The highest BCUT2D eigenvalue weighted by molar-refractivity contribution is 5.80. The van der Waals surface area contributed by atoms with Gasteiger partial charge in [0.05, 0.1) is 37.1 Å². The summed E-state index contributed by atoms with van der Waals surface area (Å²) in [5, 5.41) is 3.28. The summed E-state index contributed by atoms with van der Waals surface area (Å²) in [5.41, 5.74) is 2.85. The Kier molecular flexibility index (Phi) is 4.34. The van der Waals surface area contributed by atoms with Gasteiger partial charge in [0.1, 0.15) is 5.76 Å². The van der Waals surface area contributed by atoms with Crippen LogP contribution < -0.4 is 5.32 Å². The average molecular weight is 382 g/mol. The molecule has 0 radical (unpaired) electrons. The van der Waals surface area contributed by atoms with Gasteiger partial charge in [0.15, 0.2) is 0 Å². The van der Waals surface area contributed by atoms with Crippen molar-refractivity contribution in [2.24, 2.45) is 5.92 Å². The van der Waals surface area contributed by atoms with Crippen molar-refractivity contribution in [3.8, 4) is 0 Å². The van der Waals surface area contributed by atoms with Crippen LogP contribution in [-0.4, -0.2) is 40.5 Å². The van der Waals surface area contributed by atoms with Gasteiger partial charge < -0.3 is 19.4 Å². The monoisotopic (exact) mass is 382 g/mol. The molecule has 2 aliphatic heterocycles. The number of hydrogen-bond donors (Lipinski definition) is 1. The number of rotatable bonds is 4. The Morgan fingerprint density at radius 2 is 2.29 bits per heavy atom. The number of carbonyl (C=O) groups excluding carboxylic acids is 1. The zero-order chi connectivity index (χ0) is 19.1. The lowest BCUT2D eigenvalue weighted by Gasteiger charge is -2.36. The highest BCUT2D eigenvalue weighted by Gasteiger charge is 2.47. The van der Waals surface area contributed by atoms with Gasteiger partial charge in [-0.3, -0.25) is 4.79 Å². The van der Waals surface area contributed by atoms with Crippen molar-refractivity contribution in [1.82, 2.24) is 14.9 Å². The number of nitrogens with one attached hydrogen (secondary N) is 1. The van der Waals surface area contributed by atoms with Crippen molar-refractivity contribution in [3.05, 3.63) is 41.1 Å². The Morgan fingerprint density at radius 3 is 3.04 bits per heavy atom. The van der Waals surface area contributed by atoms with Crippen molar-refractivity contribution in [2.75, 3.05) is 25.0 Å². The van der Waals surface area contributed by atoms with E-state index in [1.807, 2.05) is 24.0 Å². The van der Waals surface area contributed by atoms with Crippen LogP contribution in [0.4, 0.5) is 5.95 Å². The molecule has 2 fully saturated rings. The molecule has 1 unspecified atom stereocenters. The van der Waals surface area contributed by atoms with Crippen LogP contribution in [0.3, 0.4) is 0 Å². The summed E-state index contributed by atoms with van der Waals surface area (Å²) in [6.07, 6.45) is 5.81. The van der Waals surface area contributed by atoms with Gasteiger partial charge in [-0.25, -0.2) is 9.97 Å². The Bertz CT molecular complexity index is 878. The lowest BCUT2D eigenvalue weighted by atomic mass is 9.80. The molecule has 1 atom stereocenters. The highest BCUT2D eigenvalue weighted by Crippen LogP contribution is 2.41. The molecule has 7 nitrogen and oxygen atoms in total. The molecule has 7 heteroatoms. The van der Waals surface area contributed by atoms with E-state index in [2.05, 4.69) is 10.3 Å². The molecule has 148 valence electrons. The molecule has 4 heterocycles. The number of aryl methyl sites for hydroxylation is 1. The predicted octanol–water partition coefficient (Wildman–Crippen LogP) is 2.79. The molecule has 5 rings (SSSR count). The summed E-state index contributed by atoms with van der Waals surface area (Å²) in [6, 6.07) is 3.79. The Hall–Kier alpha value is -2.41. The van der Waals surface area contributed by atoms with E-state index in [0.717, 1.165) is 48.5 Å². The van der Waals surface area contributed by atoms with E-state index in [9.17, 15) is 4.79 Å². The van der Waals surface area contributed by atoms with Crippen molar-refractivity contribution in [1.29, 1.82) is 0 Å². The van der Waals surface area contributed by atoms with Crippen molar-refractivity contribution < 1.29 is 13.9 Å². The van der Waals surface area contributed by atoms with E-state index in [4.69, 9.17) is 14.1 Å². The lowest BCUT2D eigenvalue weighted by molar-refractivity contribution is -0.137. The standard InChI is InChI=1S/C21H26N4O3/c1-14-17-11-27-13-21(7-8-25(12-21)19(26)15-4-2-5-15)18(17)24-20(23-14)22-10-16-6-3-9-28-16/h3,6,9,15H,2,4-5,7-8,10-13H2,1H3,(H,22,23,24). The summed E-state index contributed by atoms with van der Waals surface area (Å²) in [7, 11) is 0. The molecular formula is C21H26N4O3. The number of aromatic nitrogens is 2. The normalized spacial score (nSPS) is 24.2. The molecule has 28 heavy (non-hydrogen) atoms. The van der Waals surface area contributed by atoms with E-state index < -0.39 is 0 Å². The predicted molar refractivity (Wildman–Crippen MR) is 103 cm³/mol. The van der Waals surface area contributed by atoms with E-state index in [1.165, 1.54) is 6.42 Å². The SMILES string of the molecule is Cc1nc(NCc2ccco2)nc2c1COCC21CCN(C(=O)C2CCC2)C1. The topological polar surface area (TPSA) is 80.5 Å². The van der Waals surface area contributed by atoms with E-state index in [-0.39, 0.29) is 11.3 Å². The van der Waals surface area contributed by atoms with Gasteiger partial charge in [0.25, 0.3) is 0 Å². The molecule has 1 aliphatic carbocycles. The van der Waals surface area contributed by atoms with Gasteiger partial charge in [-0.05, 0) is 38.3 Å². The highest BCUT2D eigenvalue weighted by atomic mass is 16.5. The molecule has 1 N–H and O–H groups in total. The minimum Gasteiger partial charge on any atom is -0.467 e. The number of hydrogen-bond acceptors (Lipinski definition) is 6. The van der Waals surface area contributed by atoms with Crippen LogP contribution in [0.2, 0.25) is 0 Å². The van der Waals surface area contributed by atoms with Gasteiger partial charge in [-0.15, -0.1) is 0 Å². The third-order valence-corrected chi connectivity index (χ3v) is 6.46. The number of ether oxygens (including phenoxy) is 1. The minimum atomic E-state index is -0.220. The zero-order valence-corrected chi connectivity index (χ0v) is 16.2. The minimum absolute atomic E-state index is 0.220. The van der Waals surface area contributed by atoms with Gasteiger partial charge >= 0.3 is 0 Å². The maximum atomic E-state index is 12.8. The fourth-order valence-corrected chi connectivity index (χ4v) is 4.57. The Balaban J connectivity index is 1.40. The van der Waals surface area contributed by atoms with E-state index >= 15 is 0 Å². The second-order valence-electron chi connectivity index (χ2n) is 8.30. The van der Waals surface area contributed by atoms with Crippen LogP contribution in [0.1, 0.15) is 48.4 Å². The first kappa shape index (κ1) is 17.7. The van der Waals surface area contributed by atoms with Crippen LogP contribution in [0.25, 0.3) is 0 Å². The largest absolute Gasteiger partial charge is 0.467 e. The number of carbonyl (C=O) groups is 1. The van der Waals surface area contributed by atoms with E-state index in [1.54, 1.807) is 6.26 Å². The van der Waals surface area contributed by atoms with E-state index in [0.29, 0.717) is 38.2 Å². The summed E-state index contributed by atoms with van der Waals surface area (Å²) >= 11 is 0. The Morgan fingerprint density at radius 1 is 1.39 bits per heavy atom. The number of anilines is 1. The molecule has 1 saturated carbocycles. The molecule has 1 spiro atoms. The van der Waals surface area contributed by atoms with Crippen LogP contribution in [0.15, 0.2) is 22.8 Å². The molecule has 1 amide bonds. The fourth-order valence-electron chi connectivity index (χ4n) is 4.57. The second-order valence-corrected chi connectivity index (χ2v) is 8.30.